The molecule has 0 saturated carbocycles. The number of esters is 1. The SMILES string of the molecule is O=C(CN1CCCCCC1=O)OCC1CCCO1. The minimum Gasteiger partial charge on any atom is -0.462 e. The molecule has 2 heterocycles. The third-order valence-electron chi connectivity index (χ3n) is 3.45. The smallest absolute Gasteiger partial charge is 0.325 e. The van der Waals surface area contributed by atoms with Gasteiger partial charge in [0.25, 0.3) is 0 Å². The molecule has 0 aromatic rings. The Hall–Kier alpha value is -1.10. The molecule has 5 heteroatoms. The summed E-state index contributed by atoms with van der Waals surface area (Å²) in [6, 6.07) is 0. The van der Waals surface area contributed by atoms with E-state index >= 15 is 0 Å². The molecule has 1 atom stereocenters. The maximum atomic E-state index is 11.7. The number of amides is 1. The van der Waals surface area contributed by atoms with Gasteiger partial charge < -0.3 is 14.4 Å². The van der Waals surface area contributed by atoms with Crippen LogP contribution in [0.2, 0.25) is 0 Å². The fourth-order valence-electron chi connectivity index (χ4n) is 2.37. The third-order valence-corrected chi connectivity index (χ3v) is 3.45. The Morgan fingerprint density at radius 2 is 2.22 bits per heavy atom. The van der Waals surface area contributed by atoms with Gasteiger partial charge in [0.1, 0.15) is 13.2 Å². The molecule has 102 valence electrons. The van der Waals surface area contributed by atoms with Gasteiger partial charge in [-0.05, 0) is 25.7 Å². The van der Waals surface area contributed by atoms with Gasteiger partial charge in [-0.3, -0.25) is 9.59 Å². The van der Waals surface area contributed by atoms with Crippen LogP contribution in [0.4, 0.5) is 0 Å². The number of nitrogens with zero attached hydrogens (tertiary/aromatic N) is 1. The van der Waals surface area contributed by atoms with Crippen molar-refractivity contribution in [3.8, 4) is 0 Å². The molecule has 0 bridgehead atoms. The second-order valence-electron chi connectivity index (χ2n) is 4.94. The van der Waals surface area contributed by atoms with E-state index in [1.807, 2.05) is 0 Å². The lowest BCUT2D eigenvalue weighted by atomic mass is 10.2. The van der Waals surface area contributed by atoms with Crippen LogP contribution in [0.1, 0.15) is 38.5 Å². The molecule has 2 aliphatic rings. The molecular formula is C13H21NO4. The first kappa shape index (κ1) is 13.3. The summed E-state index contributed by atoms with van der Waals surface area (Å²) < 4.78 is 10.5. The average Bonchev–Trinajstić information content (AvgIpc) is 2.80. The summed E-state index contributed by atoms with van der Waals surface area (Å²) >= 11 is 0. The predicted molar refractivity (Wildman–Crippen MR) is 65.0 cm³/mol. The summed E-state index contributed by atoms with van der Waals surface area (Å²) in [5, 5.41) is 0. The zero-order valence-corrected chi connectivity index (χ0v) is 10.7. The zero-order chi connectivity index (χ0) is 12.8. The number of hydrogen-bond acceptors (Lipinski definition) is 4. The minimum atomic E-state index is -0.319. The zero-order valence-electron chi connectivity index (χ0n) is 10.7. The molecule has 5 nitrogen and oxygen atoms in total. The van der Waals surface area contributed by atoms with Crippen LogP contribution in [-0.4, -0.2) is 49.2 Å². The lowest BCUT2D eigenvalue weighted by Crippen LogP contribution is -2.36. The Labute approximate surface area is 107 Å². The maximum absolute atomic E-state index is 11.7. The van der Waals surface area contributed by atoms with Gasteiger partial charge in [0, 0.05) is 19.6 Å². The first-order valence-electron chi connectivity index (χ1n) is 6.81. The number of hydrogen-bond donors (Lipinski definition) is 0. The van der Waals surface area contributed by atoms with Crippen molar-refractivity contribution in [3.63, 3.8) is 0 Å². The summed E-state index contributed by atoms with van der Waals surface area (Å²) in [6.45, 7) is 1.84. The Morgan fingerprint density at radius 3 is 3.00 bits per heavy atom. The first-order chi connectivity index (χ1) is 8.75. The largest absolute Gasteiger partial charge is 0.462 e. The number of rotatable bonds is 4. The molecule has 2 fully saturated rings. The van der Waals surface area contributed by atoms with E-state index in [-0.39, 0.29) is 24.5 Å². The Balaban J connectivity index is 1.70. The second-order valence-corrected chi connectivity index (χ2v) is 4.94. The topological polar surface area (TPSA) is 55.8 Å². The van der Waals surface area contributed by atoms with E-state index in [1.54, 1.807) is 4.90 Å². The van der Waals surface area contributed by atoms with E-state index in [0.29, 0.717) is 19.6 Å². The Morgan fingerprint density at radius 1 is 1.33 bits per heavy atom. The number of carbonyl (C=O) groups is 2. The molecule has 0 aromatic carbocycles. The standard InChI is InChI=1S/C13H21NO4/c15-12-6-2-1-3-7-14(12)9-13(16)18-10-11-5-4-8-17-11/h11H,1-10H2. The predicted octanol–water partition coefficient (Wildman–Crippen LogP) is 1.11. The van der Waals surface area contributed by atoms with Crippen LogP contribution in [0.3, 0.4) is 0 Å². The van der Waals surface area contributed by atoms with E-state index in [4.69, 9.17) is 9.47 Å². The van der Waals surface area contributed by atoms with Crippen LogP contribution in [0.25, 0.3) is 0 Å². The van der Waals surface area contributed by atoms with Gasteiger partial charge in [-0.2, -0.15) is 0 Å². The fourth-order valence-corrected chi connectivity index (χ4v) is 2.37. The quantitative estimate of drug-likeness (QED) is 0.706. The van der Waals surface area contributed by atoms with Crippen LogP contribution in [0.15, 0.2) is 0 Å². The number of likely N-dealkylation sites (tertiary alicyclic amines) is 1. The molecule has 0 spiro atoms. The van der Waals surface area contributed by atoms with Gasteiger partial charge in [0.15, 0.2) is 0 Å². The van der Waals surface area contributed by atoms with E-state index in [2.05, 4.69) is 0 Å². The lowest BCUT2D eigenvalue weighted by molar-refractivity contribution is -0.151. The molecule has 1 amide bonds. The summed E-state index contributed by atoms with van der Waals surface area (Å²) in [5.41, 5.74) is 0. The highest BCUT2D eigenvalue weighted by Gasteiger charge is 2.21. The van der Waals surface area contributed by atoms with Crippen molar-refractivity contribution in [2.45, 2.75) is 44.6 Å². The van der Waals surface area contributed by atoms with Gasteiger partial charge in [-0.15, -0.1) is 0 Å². The Bertz CT molecular complexity index is 299. The summed E-state index contributed by atoms with van der Waals surface area (Å²) in [5.74, 6) is -0.248. The van der Waals surface area contributed by atoms with Crippen molar-refractivity contribution in [1.29, 1.82) is 0 Å². The van der Waals surface area contributed by atoms with E-state index in [0.717, 1.165) is 38.7 Å². The van der Waals surface area contributed by atoms with Crippen molar-refractivity contribution < 1.29 is 19.1 Å². The molecule has 2 saturated heterocycles. The highest BCUT2D eigenvalue weighted by atomic mass is 16.6. The molecule has 0 N–H and O–H groups in total. The molecule has 0 aliphatic carbocycles. The molecule has 18 heavy (non-hydrogen) atoms. The highest BCUT2D eigenvalue weighted by molar-refractivity contribution is 5.82. The average molecular weight is 255 g/mol. The van der Waals surface area contributed by atoms with E-state index in [1.165, 1.54) is 0 Å². The maximum Gasteiger partial charge on any atom is 0.325 e. The van der Waals surface area contributed by atoms with Crippen molar-refractivity contribution in [2.24, 2.45) is 0 Å². The van der Waals surface area contributed by atoms with Crippen LogP contribution >= 0.6 is 0 Å². The molecular weight excluding hydrogens is 234 g/mol. The van der Waals surface area contributed by atoms with Crippen molar-refractivity contribution in [3.05, 3.63) is 0 Å². The molecule has 1 unspecified atom stereocenters. The van der Waals surface area contributed by atoms with E-state index < -0.39 is 0 Å². The summed E-state index contributed by atoms with van der Waals surface area (Å²) in [7, 11) is 0. The first-order valence-corrected chi connectivity index (χ1v) is 6.81. The minimum absolute atomic E-state index is 0.0498. The number of carbonyl (C=O) groups excluding carboxylic acids is 2. The van der Waals surface area contributed by atoms with Gasteiger partial charge >= 0.3 is 5.97 Å². The van der Waals surface area contributed by atoms with Crippen LogP contribution < -0.4 is 0 Å². The van der Waals surface area contributed by atoms with Crippen LogP contribution in [-0.2, 0) is 19.1 Å². The summed E-state index contributed by atoms with van der Waals surface area (Å²) in [6.07, 6.45) is 5.56. The van der Waals surface area contributed by atoms with Crippen molar-refractivity contribution >= 4 is 11.9 Å². The van der Waals surface area contributed by atoms with E-state index in [9.17, 15) is 9.59 Å². The molecule has 2 aliphatic heterocycles. The molecule has 0 aromatic heterocycles. The normalized spacial score (nSPS) is 25.0. The third kappa shape index (κ3) is 3.98. The monoisotopic (exact) mass is 255 g/mol. The second kappa shape index (κ2) is 6.73. The van der Waals surface area contributed by atoms with Gasteiger partial charge in [0.2, 0.25) is 5.91 Å². The van der Waals surface area contributed by atoms with Crippen LogP contribution in [0.5, 0.6) is 0 Å². The molecule has 0 radical (unpaired) electrons. The van der Waals surface area contributed by atoms with Crippen LogP contribution in [0, 0.1) is 0 Å². The summed E-state index contributed by atoms with van der Waals surface area (Å²) in [4.78, 5) is 25.0. The van der Waals surface area contributed by atoms with Crippen molar-refractivity contribution in [2.75, 3.05) is 26.3 Å². The van der Waals surface area contributed by atoms with Gasteiger partial charge in [0.05, 0.1) is 6.10 Å². The van der Waals surface area contributed by atoms with Crippen molar-refractivity contribution in [1.82, 2.24) is 4.90 Å². The number of ether oxygens (including phenoxy) is 2. The highest BCUT2D eigenvalue weighted by Crippen LogP contribution is 2.13. The van der Waals surface area contributed by atoms with Gasteiger partial charge in [-0.1, -0.05) is 6.42 Å². The Kier molecular flexibility index (Phi) is 4.99. The lowest BCUT2D eigenvalue weighted by Gasteiger charge is -2.19. The molecule has 2 rings (SSSR count). The fraction of sp³-hybridized carbons (Fsp3) is 0.846. The van der Waals surface area contributed by atoms with Gasteiger partial charge in [-0.25, -0.2) is 0 Å².